The Morgan fingerprint density at radius 1 is 1.14 bits per heavy atom. The molecule has 0 aromatic heterocycles. The smallest absolute Gasteiger partial charge is 0.254 e. The van der Waals surface area contributed by atoms with E-state index in [2.05, 4.69) is 4.90 Å². The van der Waals surface area contributed by atoms with Crippen molar-refractivity contribution in [1.29, 1.82) is 0 Å². The number of halogens is 1. The fourth-order valence-electron chi connectivity index (χ4n) is 2.64. The van der Waals surface area contributed by atoms with E-state index in [-0.39, 0.29) is 11.7 Å². The van der Waals surface area contributed by atoms with Crippen molar-refractivity contribution in [2.45, 2.75) is 19.3 Å². The van der Waals surface area contributed by atoms with Crippen molar-refractivity contribution in [3.8, 4) is 0 Å². The van der Waals surface area contributed by atoms with Crippen LogP contribution in [0.1, 0.15) is 29.6 Å². The van der Waals surface area contributed by atoms with Gasteiger partial charge in [0.05, 0.1) is 0 Å². The molecule has 0 saturated carbocycles. The number of amides is 1. The van der Waals surface area contributed by atoms with Crippen molar-refractivity contribution in [2.24, 2.45) is 5.73 Å². The summed E-state index contributed by atoms with van der Waals surface area (Å²) in [7, 11) is 0. The molecule has 0 spiro atoms. The minimum absolute atomic E-state index is 0.0720. The Balaban J connectivity index is 1.77. The summed E-state index contributed by atoms with van der Waals surface area (Å²) in [5, 5.41) is 0. The molecule has 0 radical (unpaired) electrons. The maximum absolute atomic E-state index is 13.2. The molecule has 21 heavy (non-hydrogen) atoms. The molecule has 0 bridgehead atoms. The third-order valence-corrected chi connectivity index (χ3v) is 3.91. The quantitative estimate of drug-likeness (QED) is 0.812. The van der Waals surface area contributed by atoms with Gasteiger partial charge in [-0.05, 0) is 44.1 Å². The molecule has 1 amide bonds. The van der Waals surface area contributed by atoms with E-state index < -0.39 is 0 Å². The van der Waals surface area contributed by atoms with Crippen molar-refractivity contribution in [3.05, 3.63) is 35.6 Å². The Morgan fingerprint density at radius 2 is 1.90 bits per heavy atom. The van der Waals surface area contributed by atoms with Crippen LogP contribution in [0.5, 0.6) is 0 Å². The van der Waals surface area contributed by atoms with Gasteiger partial charge in [0, 0.05) is 31.7 Å². The van der Waals surface area contributed by atoms with Crippen LogP contribution in [0.25, 0.3) is 0 Å². The zero-order valence-electron chi connectivity index (χ0n) is 12.4. The fraction of sp³-hybridized carbons (Fsp3) is 0.562. The summed E-state index contributed by atoms with van der Waals surface area (Å²) in [6.07, 6.45) is 3.41. The van der Waals surface area contributed by atoms with Gasteiger partial charge >= 0.3 is 0 Å². The highest BCUT2D eigenvalue weighted by molar-refractivity contribution is 5.94. The van der Waals surface area contributed by atoms with E-state index in [4.69, 9.17) is 5.73 Å². The van der Waals surface area contributed by atoms with Crippen LogP contribution in [0.3, 0.4) is 0 Å². The zero-order valence-corrected chi connectivity index (χ0v) is 12.4. The van der Waals surface area contributed by atoms with Crippen molar-refractivity contribution in [3.63, 3.8) is 0 Å². The lowest BCUT2D eigenvalue weighted by atomic mass is 10.1. The van der Waals surface area contributed by atoms with Gasteiger partial charge < -0.3 is 10.6 Å². The minimum Gasteiger partial charge on any atom is -0.336 e. The summed E-state index contributed by atoms with van der Waals surface area (Å²) in [6.45, 7) is 5.05. The van der Waals surface area contributed by atoms with E-state index in [1.54, 1.807) is 12.1 Å². The molecule has 1 aromatic rings. The first-order chi connectivity index (χ1) is 10.2. The molecule has 2 rings (SSSR count). The summed E-state index contributed by atoms with van der Waals surface area (Å²) in [6, 6.07) is 5.92. The highest BCUT2D eigenvalue weighted by atomic mass is 19.1. The van der Waals surface area contributed by atoms with Crippen LogP contribution in [0.15, 0.2) is 24.3 Å². The van der Waals surface area contributed by atoms with Crippen LogP contribution in [-0.4, -0.2) is 55.0 Å². The van der Waals surface area contributed by atoms with Gasteiger partial charge in [0.1, 0.15) is 5.82 Å². The highest BCUT2D eigenvalue weighted by Gasteiger charge is 2.21. The number of carbonyl (C=O) groups excluding carboxylic acids is 1. The predicted octanol–water partition coefficient (Wildman–Crippen LogP) is 1.71. The maximum Gasteiger partial charge on any atom is 0.254 e. The zero-order chi connectivity index (χ0) is 15.1. The van der Waals surface area contributed by atoms with E-state index >= 15 is 0 Å². The number of unbranched alkanes of at least 4 members (excludes halogenated alkanes) is 2. The number of hydrogen-bond acceptors (Lipinski definition) is 3. The molecule has 2 N–H and O–H groups in total. The van der Waals surface area contributed by atoms with Gasteiger partial charge in [0.15, 0.2) is 0 Å². The first-order valence-electron chi connectivity index (χ1n) is 7.68. The topological polar surface area (TPSA) is 49.6 Å². The van der Waals surface area contributed by atoms with E-state index in [0.717, 1.165) is 39.0 Å². The van der Waals surface area contributed by atoms with Crippen molar-refractivity contribution < 1.29 is 9.18 Å². The largest absolute Gasteiger partial charge is 0.336 e. The average Bonchev–Trinajstić information content (AvgIpc) is 2.51. The highest BCUT2D eigenvalue weighted by Crippen LogP contribution is 2.11. The summed E-state index contributed by atoms with van der Waals surface area (Å²) in [4.78, 5) is 16.5. The third-order valence-electron chi connectivity index (χ3n) is 3.91. The summed E-state index contributed by atoms with van der Waals surface area (Å²) >= 11 is 0. The number of nitrogens with zero attached hydrogens (tertiary/aromatic N) is 2. The predicted molar refractivity (Wildman–Crippen MR) is 81.6 cm³/mol. The first-order valence-corrected chi connectivity index (χ1v) is 7.68. The van der Waals surface area contributed by atoms with Crippen LogP contribution in [0.2, 0.25) is 0 Å². The van der Waals surface area contributed by atoms with Crippen LogP contribution in [0.4, 0.5) is 4.39 Å². The lowest BCUT2D eigenvalue weighted by Gasteiger charge is -2.34. The summed E-state index contributed by atoms with van der Waals surface area (Å²) in [5.41, 5.74) is 5.92. The lowest BCUT2D eigenvalue weighted by molar-refractivity contribution is 0.0635. The first kappa shape index (κ1) is 15.9. The van der Waals surface area contributed by atoms with E-state index in [9.17, 15) is 9.18 Å². The van der Waals surface area contributed by atoms with Crippen LogP contribution >= 0.6 is 0 Å². The van der Waals surface area contributed by atoms with Crippen LogP contribution in [-0.2, 0) is 0 Å². The molecule has 1 aliphatic heterocycles. The lowest BCUT2D eigenvalue weighted by Crippen LogP contribution is -2.48. The molecule has 1 heterocycles. The van der Waals surface area contributed by atoms with E-state index in [0.29, 0.717) is 18.7 Å². The van der Waals surface area contributed by atoms with Crippen LogP contribution < -0.4 is 5.73 Å². The van der Waals surface area contributed by atoms with E-state index in [1.165, 1.54) is 18.6 Å². The molecule has 1 aromatic carbocycles. The van der Waals surface area contributed by atoms with Gasteiger partial charge in [0.25, 0.3) is 5.91 Å². The van der Waals surface area contributed by atoms with Gasteiger partial charge in [-0.15, -0.1) is 0 Å². The second-order valence-electron chi connectivity index (χ2n) is 5.49. The summed E-state index contributed by atoms with van der Waals surface area (Å²) < 4.78 is 13.2. The fourth-order valence-corrected chi connectivity index (χ4v) is 2.64. The Bertz CT molecular complexity index is 459. The SMILES string of the molecule is NCCCCCN1CCN(C(=O)c2cccc(F)c2)CC1. The molecule has 0 unspecified atom stereocenters. The van der Waals surface area contributed by atoms with Crippen molar-refractivity contribution in [1.82, 2.24) is 9.80 Å². The van der Waals surface area contributed by atoms with Gasteiger partial charge in [-0.25, -0.2) is 4.39 Å². The van der Waals surface area contributed by atoms with Crippen molar-refractivity contribution >= 4 is 5.91 Å². The average molecular weight is 293 g/mol. The van der Waals surface area contributed by atoms with E-state index in [1.807, 2.05) is 4.90 Å². The number of rotatable bonds is 6. The molecule has 1 fully saturated rings. The molecular weight excluding hydrogens is 269 g/mol. The number of carbonyl (C=O) groups is 1. The molecule has 1 saturated heterocycles. The molecule has 116 valence electrons. The normalized spacial score (nSPS) is 16.2. The Hall–Kier alpha value is -1.46. The molecule has 5 heteroatoms. The monoisotopic (exact) mass is 293 g/mol. The van der Waals surface area contributed by atoms with Crippen LogP contribution in [0, 0.1) is 5.82 Å². The van der Waals surface area contributed by atoms with Gasteiger partial charge in [-0.3, -0.25) is 9.69 Å². The summed E-state index contributed by atoms with van der Waals surface area (Å²) in [5.74, 6) is -0.434. The standard InChI is InChI=1S/C16H24FN3O/c17-15-6-4-5-14(13-15)16(21)20-11-9-19(10-12-20)8-3-1-2-7-18/h4-6,13H,1-3,7-12,18H2. The second-order valence-corrected chi connectivity index (χ2v) is 5.49. The van der Waals surface area contributed by atoms with Gasteiger partial charge in [0.2, 0.25) is 0 Å². The minimum atomic E-state index is -0.362. The number of nitrogens with two attached hydrogens (primary N) is 1. The maximum atomic E-state index is 13.2. The Morgan fingerprint density at radius 3 is 2.57 bits per heavy atom. The molecule has 0 aliphatic carbocycles. The third kappa shape index (κ3) is 4.79. The van der Waals surface area contributed by atoms with Crippen molar-refractivity contribution in [2.75, 3.05) is 39.3 Å². The number of benzene rings is 1. The number of piperazine rings is 1. The number of hydrogen-bond donors (Lipinski definition) is 1. The molecular formula is C16H24FN3O. The Kier molecular flexibility index (Phi) is 6.14. The second kappa shape index (κ2) is 8.10. The van der Waals surface area contributed by atoms with Gasteiger partial charge in [-0.2, -0.15) is 0 Å². The van der Waals surface area contributed by atoms with Gasteiger partial charge in [-0.1, -0.05) is 12.5 Å². The molecule has 0 atom stereocenters. The Labute approximate surface area is 125 Å². The molecule has 1 aliphatic rings. The molecule has 4 nitrogen and oxygen atoms in total.